The van der Waals surface area contributed by atoms with Crippen LogP contribution in [0.2, 0.25) is 0 Å². The SMILES string of the molecule is CNC(=O)[C@@H]1CCCN1C(=O)CNC(=O)Nc1cc(F)cc(F)c1. The molecule has 4 amide bonds. The van der Waals surface area contributed by atoms with E-state index in [1.165, 1.54) is 11.9 Å². The number of anilines is 1. The second-order valence-electron chi connectivity index (χ2n) is 5.33. The van der Waals surface area contributed by atoms with Gasteiger partial charge in [0.1, 0.15) is 17.7 Å². The monoisotopic (exact) mass is 340 g/mol. The topological polar surface area (TPSA) is 90.5 Å². The maximum absolute atomic E-state index is 13.0. The van der Waals surface area contributed by atoms with E-state index in [0.717, 1.165) is 12.1 Å². The Labute approximate surface area is 137 Å². The average Bonchev–Trinajstić information content (AvgIpc) is 3.00. The third kappa shape index (κ3) is 4.40. The summed E-state index contributed by atoms with van der Waals surface area (Å²) in [6.45, 7) is 0.118. The number of urea groups is 1. The smallest absolute Gasteiger partial charge is 0.319 e. The van der Waals surface area contributed by atoms with Gasteiger partial charge in [0.25, 0.3) is 0 Å². The number of benzene rings is 1. The molecule has 0 aliphatic carbocycles. The van der Waals surface area contributed by atoms with Gasteiger partial charge in [0.05, 0.1) is 6.54 Å². The summed E-state index contributed by atoms with van der Waals surface area (Å²) in [5, 5.41) is 7.04. The molecule has 1 aliphatic heterocycles. The maximum Gasteiger partial charge on any atom is 0.319 e. The lowest BCUT2D eigenvalue weighted by Gasteiger charge is -2.23. The molecular weight excluding hydrogens is 322 g/mol. The first-order valence-corrected chi connectivity index (χ1v) is 7.42. The number of carbonyl (C=O) groups excluding carboxylic acids is 3. The predicted octanol–water partition coefficient (Wildman–Crippen LogP) is 0.823. The van der Waals surface area contributed by atoms with E-state index in [2.05, 4.69) is 16.0 Å². The van der Waals surface area contributed by atoms with Crippen LogP contribution in [0.4, 0.5) is 19.3 Å². The van der Waals surface area contributed by atoms with Crippen molar-refractivity contribution in [3.63, 3.8) is 0 Å². The Morgan fingerprint density at radius 3 is 2.50 bits per heavy atom. The van der Waals surface area contributed by atoms with E-state index in [1.807, 2.05) is 0 Å². The molecule has 9 heteroatoms. The van der Waals surface area contributed by atoms with Gasteiger partial charge in [-0.3, -0.25) is 9.59 Å². The molecular formula is C15H18F2N4O3. The molecule has 1 aliphatic rings. The van der Waals surface area contributed by atoms with E-state index in [0.29, 0.717) is 25.5 Å². The van der Waals surface area contributed by atoms with Gasteiger partial charge in [-0.15, -0.1) is 0 Å². The minimum atomic E-state index is -0.827. The first-order valence-electron chi connectivity index (χ1n) is 7.42. The minimum Gasteiger partial charge on any atom is -0.357 e. The summed E-state index contributed by atoms with van der Waals surface area (Å²) in [4.78, 5) is 36.9. The molecule has 2 rings (SSSR count). The number of hydrogen-bond acceptors (Lipinski definition) is 3. The van der Waals surface area contributed by atoms with Gasteiger partial charge in [0.15, 0.2) is 0 Å². The predicted molar refractivity (Wildman–Crippen MR) is 82.2 cm³/mol. The number of carbonyl (C=O) groups is 3. The summed E-state index contributed by atoms with van der Waals surface area (Å²) >= 11 is 0. The third-order valence-corrected chi connectivity index (χ3v) is 3.64. The molecule has 1 fully saturated rings. The minimum absolute atomic E-state index is 0.0677. The molecule has 1 atom stereocenters. The normalized spacial score (nSPS) is 16.6. The van der Waals surface area contributed by atoms with E-state index >= 15 is 0 Å². The van der Waals surface area contributed by atoms with Crippen LogP contribution in [0, 0.1) is 11.6 Å². The largest absolute Gasteiger partial charge is 0.357 e. The zero-order valence-corrected chi connectivity index (χ0v) is 13.1. The van der Waals surface area contributed by atoms with Gasteiger partial charge < -0.3 is 20.9 Å². The van der Waals surface area contributed by atoms with Crippen molar-refractivity contribution in [2.45, 2.75) is 18.9 Å². The molecule has 1 aromatic rings. The second-order valence-corrected chi connectivity index (χ2v) is 5.33. The summed E-state index contributed by atoms with van der Waals surface area (Å²) in [5.74, 6) is -2.30. The van der Waals surface area contributed by atoms with Crippen LogP contribution in [0.3, 0.4) is 0 Å². The number of likely N-dealkylation sites (N-methyl/N-ethyl adjacent to an activating group) is 1. The fourth-order valence-electron chi connectivity index (χ4n) is 2.56. The lowest BCUT2D eigenvalue weighted by molar-refractivity contribution is -0.137. The lowest BCUT2D eigenvalue weighted by atomic mass is 10.2. The highest BCUT2D eigenvalue weighted by atomic mass is 19.1. The Morgan fingerprint density at radius 2 is 1.88 bits per heavy atom. The average molecular weight is 340 g/mol. The molecule has 0 radical (unpaired) electrons. The first kappa shape index (κ1) is 17.6. The fraction of sp³-hybridized carbons (Fsp3) is 0.400. The highest BCUT2D eigenvalue weighted by Crippen LogP contribution is 2.17. The molecule has 0 bridgehead atoms. The summed E-state index contributed by atoms with van der Waals surface area (Å²) in [5.41, 5.74) is -0.0677. The fourth-order valence-corrected chi connectivity index (χ4v) is 2.56. The Bertz CT molecular complexity index is 633. The Morgan fingerprint density at radius 1 is 1.21 bits per heavy atom. The zero-order valence-electron chi connectivity index (χ0n) is 13.1. The second kappa shape index (κ2) is 7.71. The molecule has 0 saturated carbocycles. The summed E-state index contributed by atoms with van der Waals surface area (Å²) in [6, 6.07) is 1.27. The van der Waals surface area contributed by atoms with Crippen molar-refractivity contribution in [2.24, 2.45) is 0 Å². The van der Waals surface area contributed by atoms with Crippen molar-refractivity contribution in [1.29, 1.82) is 0 Å². The van der Waals surface area contributed by atoms with Crippen LogP contribution in [-0.2, 0) is 9.59 Å². The molecule has 24 heavy (non-hydrogen) atoms. The van der Waals surface area contributed by atoms with Gasteiger partial charge in [0.2, 0.25) is 11.8 Å². The Kier molecular flexibility index (Phi) is 5.67. The number of nitrogens with one attached hydrogen (secondary N) is 3. The quantitative estimate of drug-likeness (QED) is 0.758. The highest BCUT2D eigenvalue weighted by molar-refractivity contribution is 5.93. The summed E-state index contributed by atoms with van der Waals surface area (Å²) in [6.07, 6.45) is 1.28. The summed E-state index contributed by atoms with van der Waals surface area (Å²) in [7, 11) is 1.49. The van der Waals surface area contributed by atoms with Crippen molar-refractivity contribution >= 4 is 23.5 Å². The van der Waals surface area contributed by atoms with Crippen LogP contribution in [0.5, 0.6) is 0 Å². The number of nitrogens with zero attached hydrogens (tertiary/aromatic N) is 1. The van der Waals surface area contributed by atoms with Crippen LogP contribution in [0.25, 0.3) is 0 Å². The number of halogens is 2. The molecule has 1 aromatic carbocycles. The Balaban J connectivity index is 1.87. The standard InChI is InChI=1S/C15H18F2N4O3/c1-18-14(23)12-3-2-4-21(12)13(22)8-19-15(24)20-11-6-9(16)5-10(17)7-11/h5-7,12H,2-4,8H2,1H3,(H,18,23)(H2,19,20,24)/t12-/m0/s1. The van der Waals surface area contributed by atoms with E-state index in [1.54, 1.807) is 0 Å². The van der Waals surface area contributed by atoms with Crippen molar-refractivity contribution in [1.82, 2.24) is 15.5 Å². The van der Waals surface area contributed by atoms with E-state index < -0.39 is 29.6 Å². The summed E-state index contributed by atoms with van der Waals surface area (Å²) < 4.78 is 26.1. The maximum atomic E-state index is 13.0. The van der Waals surface area contributed by atoms with Gasteiger partial charge in [0, 0.05) is 25.3 Å². The number of hydrogen-bond donors (Lipinski definition) is 3. The van der Waals surface area contributed by atoms with Crippen LogP contribution in [0.15, 0.2) is 18.2 Å². The molecule has 0 unspecified atom stereocenters. The van der Waals surface area contributed by atoms with Crippen LogP contribution >= 0.6 is 0 Å². The van der Waals surface area contributed by atoms with E-state index in [4.69, 9.17) is 0 Å². The van der Waals surface area contributed by atoms with Crippen molar-refractivity contribution < 1.29 is 23.2 Å². The molecule has 7 nitrogen and oxygen atoms in total. The lowest BCUT2D eigenvalue weighted by Crippen LogP contribution is -2.48. The van der Waals surface area contributed by atoms with Crippen LogP contribution < -0.4 is 16.0 Å². The molecule has 130 valence electrons. The van der Waals surface area contributed by atoms with Crippen LogP contribution in [0.1, 0.15) is 12.8 Å². The van der Waals surface area contributed by atoms with Gasteiger partial charge in [-0.2, -0.15) is 0 Å². The molecule has 0 spiro atoms. The van der Waals surface area contributed by atoms with Gasteiger partial charge in [-0.1, -0.05) is 0 Å². The van der Waals surface area contributed by atoms with E-state index in [-0.39, 0.29) is 18.1 Å². The number of likely N-dealkylation sites (tertiary alicyclic amines) is 1. The molecule has 1 heterocycles. The van der Waals surface area contributed by atoms with Gasteiger partial charge in [-0.25, -0.2) is 13.6 Å². The first-order chi connectivity index (χ1) is 11.4. The van der Waals surface area contributed by atoms with Gasteiger partial charge >= 0.3 is 6.03 Å². The molecule has 3 N–H and O–H groups in total. The molecule has 0 aromatic heterocycles. The zero-order chi connectivity index (χ0) is 17.7. The van der Waals surface area contributed by atoms with E-state index in [9.17, 15) is 23.2 Å². The number of amides is 4. The van der Waals surface area contributed by atoms with Crippen molar-refractivity contribution in [3.8, 4) is 0 Å². The third-order valence-electron chi connectivity index (χ3n) is 3.64. The van der Waals surface area contributed by atoms with Crippen molar-refractivity contribution in [2.75, 3.05) is 25.5 Å². The number of rotatable bonds is 4. The van der Waals surface area contributed by atoms with Crippen molar-refractivity contribution in [3.05, 3.63) is 29.8 Å². The van der Waals surface area contributed by atoms with Crippen LogP contribution in [-0.4, -0.2) is 48.9 Å². The highest BCUT2D eigenvalue weighted by Gasteiger charge is 2.33. The molecule has 1 saturated heterocycles. The van der Waals surface area contributed by atoms with Gasteiger partial charge in [-0.05, 0) is 25.0 Å². The Hall–Kier alpha value is -2.71.